The number of thiocarbonyl (C=S) groups is 1. The van der Waals surface area contributed by atoms with Crippen molar-refractivity contribution in [3.63, 3.8) is 0 Å². The summed E-state index contributed by atoms with van der Waals surface area (Å²) in [4.78, 5) is 26.6. The Hall–Kier alpha value is -2.38. The van der Waals surface area contributed by atoms with Crippen molar-refractivity contribution in [2.24, 2.45) is 0 Å². The number of anilines is 2. The second kappa shape index (κ2) is 7.88. The summed E-state index contributed by atoms with van der Waals surface area (Å²) in [7, 11) is 1.54. The predicted octanol–water partition coefficient (Wildman–Crippen LogP) is 3.77. The average molecular weight is 386 g/mol. The van der Waals surface area contributed by atoms with Crippen LogP contribution >= 0.6 is 24.0 Å². The van der Waals surface area contributed by atoms with E-state index < -0.39 is 5.25 Å². The number of methoxy groups -OCH3 is 1. The number of benzene rings is 2. The second-order valence-electron chi connectivity index (χ2n) is 5.83. The zero-order chi connectivity index (χ0) is 18.7. The Morgan fingerprint density at radius 1 is 1.23 bits per heavy atom. The summed E-state index contributed by atoms with van der Waals surface area (Å²) in [6.07, 6.45) is 0.0457. The molecule has 1 fully saturated rings. The van der Waals surface area contributed by atoms with E-state index in [1.54, 1.807) is 19.2 Å². The van der Waals surface area contributed by atoms with Gasteiger partial charge < -0.3 is 10.1 Å². The minimum absolute atomic E-state index is 0.0457. The van der Waals surface area contributed by atoms with Gasteiger partial charge >= 0.3 is 0 Å². The Labute approximate surface area is 161 Å². The third-order valence-corrected chi connectivity index (χ3v) is 5.47. The average Bonchev–Trinajstić information content (AvgIpc) is 2.90. The van der Waals surface area contributed by atoms with Crippen LogP contribution in [0, 0.1) is 6.92 Å². The van der Waals surface area contributed by atoms with E-state index in [-0.39, 0.29) is 18.2 Å². The van der Waals surface area contributed by atoms with Crippen molar-refractivity contribution in [1.29, 1.82) is 0 Å². The molecule has 5 nitrogen and oxygen atoms in total. The summed E-state index contributed by atoms with van der Waals surface area (Å²) in [5.74, 6) is 0.149. The van der Waals surface area contributed by atoms with Crippen LogP contribution in [0.3, 0.4) is 0 Å². The number of rotatable bonds is 5. The summed E-state index contributed by atoms with van der Waals surface area (Å²) in [6.45, 7) is 1.98. The number of hydrogen-bond acceptors (Lipinski definition) is 5. The van der Waals surface area contributed by atoms with Crippen LogP contribution in [0.1, 0.15) is 12.0 Å². The van der Waals surface area contributed by atoms with Crippen molar-refractivity contribution in [3.05, 3.63) is 54.1 Å². The first-order chi connectivity index (χ1) is 12.5. The van der Waals surface area contributed by atoms with Gasteiger partial charge in [0, 0.05) is 6.42 Å². The molecule has 0 aromatic heterocycles. The van der Waals surface area contributed by atoms with Gasteiger partial charge in [-0.25, -0.2) is 0 Å². The van der Waals surface area contributed by atoms with E-state index >= 15 is 0 Å². The van der Waals surface area contributed by atoms with Gasteiger partial charge in [-0.2, -0.15) is 0 Å². The van der Waals surface area contributed by atoms with Crippen LogP contribution in [0.4, 0.5) is 11.4 Å². The lowest BCUT2D eigenvalue weighted by Gasteiger charge is -2.16. The topological polar surface area (TPSA) is 58.6 Å². The van der Waals surface area contributed by atoms with Gasteiger partial charge in [0.25, 0.3) is 0 Å². The number of ether oxygens (including phenoxy) is 1. The predicted molar refractivity (Wildman–Crippen MR) is 109 cm³/mol. The normalized spacial score (nSPS) is 16.7. The van der Waals surface area contributed by atoms with Crippen LogP contribution in [-0.4, -0.2) is 28.5 Å². The summed E-state index contributed by atoms with van der Waals surface area (Å²) in [5.41, 5.74) is 2.41. The Bertz CT molecular complexity index is 852. The number of carbonyl (C=O) groups is 2. The summed E-state index contributed by atoms with van der Waals surface area (Å²) in [5, 5.41) is 2.27. The molecule has 3 rings (SSSR count). The molecule has 7 heteroatoms. The van der Waals surface area contributed by atoms with Crippen molar-refractivity contribution in [1.82, 2.24) is 0 Å². The van der Waals surface area contributed by atoms with Crippen molar-refractivity contribution in [3.8, 4) is 5.75 Å². The second-order valence-corrected chi connectivity index (χ2v) is 7.67. The first-order valence-electron chi connectivity index (χ1n) is 8.03. The fourth-order valence-corrected chi connectivity index (χ4v) is 4.16. The van der Waals surface area contributed by atoms with Gasteiger partial charge in [-0.15, -0.1) is 0 Å². The molecule has 134 valence electrons. The van der Waals surface area contributed by atoms with Crippen LogP contribution in [0.5, 0.6) is 5.75 Å². The molecule has 1 atom stereocenters. The maximum absolute atomic E-state index is 12.7. The molecule has 0 aliphatic carbocycles. The van der Waals surface area contributed by atoms with E-state index in [0.29, 0.717) is 15.8 Å². The van der Waals surface area contributed by atoms with E-state index in [1.165, 1.54) is 16.7 Å². The molecule has 0 spiro atoms. The molecule has 0 radical (unpaired) electrons. The summed E-state index contributed by atoms with van der Waals surface area (Å²) < 4.78 is 5.69. The summed E-state index contributed by atoms with van der Waals surface area (Å²) in [6, 6.07) is 14.7. The van der Waals surface area contributed by atoms with Gasteiger partial charge in [-0.3, -0.25) is 14.5 Å². The molecule has 1 heterocycles. The van der Waals surface area contributed by atoms with Crippen LogP contribution in [-0.2, 0) is 9.59 Å². The first kappa shape index (κ1) is 18.4. The SMILES string of the molecule is COc1ccccc1NC(=O)CC1SC(=S)N(c2ccc(C)cc2)C1=O. The molecular formula is C19H18N2O3S2. The molecule has 0 saturated carbocycles. The van der Waals surface area contributed by atoms with E-state index in [0.717, 1.165) is 11.3 Å². The van der Waals surface area contributed by atoms with Crippen LogP contribution in [0.25, 0.3) is 0 Å². The molecular weight excluding hydrogens is 368 g/mol. The van der Waals surface area contributed by atoms with Crippen LogP contribution < -0.4 is 15.0 Å². The quantitative estimate of drug-likeness (QED) is 0.793. The Kier molecular flexibility index (Phi) is 5.58. The van der Waals surface area contributed by atoms with Crippen molar-refractivity contribution < 1.29 is 14.3 Å². The minimum atomic E-state index is -0.529. The molecule has 2 amide bonds. The fourth-order valence-electron chi connectivity index (χ4n) is 2.63. The van der Waals surface area contributed by atoms with Crippen molar-refractivity contribution >= 4 is 51.5 Å². The molecule has 1 unspecified atom stereocenters. The third kappa shape index (κ3) is 3.89. The van der Waals surface area contributed by atoms with Gasteiger partial charge in [0.05, 0.1) is 18.5 Å². The highest BCUT2D eigenvalue weighted by atomic mass is 32.2. The van der Waals surface area contributed by atoms with E-state index in [9.17, 15) is 9.59 Å². The number of nitrogens with one attached hydrogen (secondary N) is 1. The van der Waals surface area contributed by atoms with Crippen molar-refractivity contribution in [2.75, 3.05) is 17.3 Å². The Morgan fingerprint density at radius 2 is 1.92 bits per heavy atom. The lowest BCUT2D eigenvalue weighted by atomic mass is 10.2. The molecule has 2 aromatic carbocycles. The number of nitrogens with zero attached hydrogens (tertiary/aromatic N) is 1. The smallest absolute Gasteiger partial charge is 0.246 e. The van der Waals surface area contributed by atoms with Crippen LogP contribution in [0.2, 0.25) is 0 Å². The molecule has 1 aliphatic rings. The molecule has 1 aliphatic heterocycles. The zero-order valence-electron chi connectivity index (χ0n) is 14.4. The van der Waals surface area contributed by atoms with Gasteiger partial charge in [0.15, 0.2) is 0 Å². The van der Waals surface area contributed by atoms with Gasteiger partial charge in [0.2, 0.25) is 11.8 Å². The molecule has 1 N–H and O–H groups in total. The zero-order valence-corrected chi connectivity index (χ0v) is 16.0. The number of carbonyl (C=O) groups excluding carboxylic acids is 2. The molecule has 1 saturated heterocycles. The maximum atomic E-state index is 12.7. The number of aryl methyl sites for hydroxylation is 1. The van der Waals surface area contributed by atoms with Gasteiger partial charge in [-0.1, -0.05) is 53.8 Å². The fraction of sp³-hybridized carbons (Fsp3) is 0.211. The van der Waals surface area contributed by atoms with E-state index in [2.05, 4.69) is 5.32 Å². The number of thioether (sulfide) groups is 1. The molecule has 2 aromatic rings. The minimum Gasteiger partial charge on any atom is -0.495 e. The van der Waals surface area contributed by atoms with Gasteiger partial charge in [0.1, 0.15) is 15.3 Å². The monoisotopic (exact) mass is 386 g/mol. The Balaban J connectivity index is 1.69. The highest BCUT2D eigenvalue weighted by Crippen LogP contribution is 2.34. The van der Waals surface area contributed by atoms with Crippen LogP contribution in [0.15, 0.2) is 48.5 Å². The highest BCUT2D eigenvalue weighted by molar-refractivity contribution is 8.25. The van der Waals surface area contributed by atoms with Crippen molar-refractivity contribution in [2.45, 2.75) is 18.6 Å². The van der Waals surface area contributed by atoms with E-state index in [4.69, 9.17) is 17.0 Å². The lowest BCUT2D eigenvalue weighted by molar-refractivity contribution is -0.121. The largest absolute Gasteiger partial charge is 0.495 e. The maximum Gasteiger partial charge on any atom is 0.246 e. The number of hydrogen-bond donors (Lipinski definition) is 1. The standard InChI is InChI=1S/C19H18N2O3S2/c1-12-7-9-13(10-8-12)21-18(23)16(26-19(21)25)11-17(22)20-14-5-3-4-6-15(14)24-2/h3-10,16H,11H2,1-2H3,(H,20,22). The summed E-state index contributed by atoms with van der Waals surface area (Å²) >= 11 is 6.59. The first-order valence-corrected chi connectivity index (χ1v) is 9.32. The highest BCUT2D eigenvalue weighted by Gasteiger charge is 2.39. The lowest BCUT2D eigenvalue weighted by Crippen LogP contribution is -2.32. The third-order valence-electron chi connectivity index (χ3n) is 3.97. The van der Waals surface area contributed by atoms with Gasteiger partial charge in [-0.05, 0) is 31.2 Å². The Morgan fingerprint density at radius 3 is 2.62 bits per heavy atom. The van der Waals surface area contributed by atoms with E-state index in [1.807, 2.05) is 43.3 Å². The molecule has 0 bridgehead atoms. The number of amides is 2. The number of para-hydroxylation sites is 2. The molecule has 26 heavy (non-hydrogen) atoms.